The number of halogens is 1. The number of carbonyl (C=O) groups excluding carboxylic acids is 1. The first-order valence-corrected chi connectivity index (χ1v) is 7.88. The standard InChI is InChI=1S/C19H20FNO3/c1-23-16-8-7-15(12-17(16)24-2)21-18(22)19(9-4-10-19)13-5-3-6-14(20)11-13/h3,5-8,11-12H,4,9-10H2,1-2H3,(H,21,22). The van der Waals surface area contributed by atoms with Crippen molar-refractivity contribution in [2.24, 2.45) is 0 Å². The van der Waals surface area contributed by atoms with E-state index in [4.69, 9.17) is 9.47 Å². The number of anilines is 1. The maximum Gasteiger partial charge on any atom is 0.235 e. The maximum atomic E-state index is 13.6. The summed E-state index contributed by atoms with van der Waals surface area (Å²) < 4.78 is 24.0. The van der Waals surface area contributed by atoms with E-state index in [1.54, 1.807) is 38.5 Å². The van der Waals surface area contributed by atoms with Gasteiger partial charge in [-0.2, -0.15) is 0 Å². The molecule has 0 saturated heterocycles. The van der Waals surface area contributed by atoms with Crippen LogP contribution in [0.1, 0.15) is 24.8 Å². The molecule has 1 aliphatic rings. The summed E-state index contributed by atoms with van der Waals surface area (Å²) in [5.74, 6) is 0.701. The van der Waals surface area contributed by atoms with Crippen molar-refractivity contribution in [3.63, 3.8) is 0 Å². The highest BCUT2D eigenvalue weighted by atomic mass is 19.1. The van der Waals surface area contributed by atoms with E-state index in [-0.39, 0.29) is 11.7 Å². The van der Waals surface area contributed by atoms with Crippen LogP contribution in [0.4, 0.5) is 10.1 Å². The number of amides is 1. The molecular weight excluding hydrogens is 309 g/mol. The van der Waals surface area contributed by atoms with Gasteiger partial charge in [0.05, 0.1) is 19.6 Å². The lowest BCUT2D eigenvalue weighted by Gasteiger charge is -2.40. The predicted molar refractivity (Wildman–Crippen MR) is 90.1 cm³/mol. The number of rotatable bonds is 5. The quantitative estimate of drug-likeness (QED) is 0.905. The third-order valence-corrected chi connectivity index (χ3v) is 4.66. The fraction of sp³-hybridized carbons (Fsp3) is 0.316. The monoisotopic (exact) mass is 329 g/mol. The molecule has 5 heteroatoms. The van der Waals surface area contributed by atoms with Crippen LogP contribution in [-0.4, -0.2) is 20.1 Å². The van der Waals surface area contributed by atoms with Crippen molar-refractivity contribution in [3.05, 3.63) is 53.8 Å². The first-order chi connectivity index (χ1) is 11.6. The molecule has 0 heterocycles. The largest absolute Gasteiger partial charge is 0.493 e. The molecule has 126 valence electrons. The van der Waals surface area contributed by atoms with E-state index < -0.39 is 5.41 Å². The Labute approximate surface area is 140 Å². The van der Waals surface area contributed by atoms with Crippen LogP contribution in [0.15, 0.2) is 42.5 Å². The number of ether oxygens (including phenoxy) is 2. The Kier molecular flexibility index (Phi) is 4.42. The van der Waals surface area contributed by atoms with Crippen molar-refractivity contribution in [2.45, 2.75) is 24.7 Å². The Hall–Kier alpha value is -2.56. The van der Waals surface area contributed by atoms with Gasteiger partial charge in [-0.15, -0.1) is 0 Å². The molecule has 0 unspecified atom stereocenters. The second-order valence-corrected chi connectivity index (χ2v) is 5.97. The van der Waals surface area contributed by atoms with Crippen molar-refractivity contribution in [3.8, 4) is 11.5 Å². The Morgan fingerprint density at radius 2 is 1.83 bits per heavy atom. The van der Waals surface area contributed by atoms with Crippen LogP contribution < -0.4 is 14.8 Å². The summed E-state index contributed by atoms with van der Waals surface area (Å²) in [5.41, 5.74) is 0.696. The van der Waals surface area contributed by atoms with Gasteiger partial charge < -0.3 is 14.8 Å². The van der Waals surface area contributed by atoms with Crippen LogP contribution in [0.3, 0.4) is 0 Å². The van der Waals surface area contributed by atoms with Gasteiger partial charge in [-0.3, -0.25) is 4.79 Å². The van der Waals surface area contributed by atoms with Gasteiger partial charge in [0.2, 0.25) is 5.91 Å². The van der Waals surface area contributed by atoms with Crippen molar-refractivity contribution >= 4 is 11.6 Å². The van der Waals surface area contributed by atoms with Crippen LogP contribution in [0.25, 0.3) is 0 Å². The van der Waals surface area contributed by atoms with E-state index in [1.807, 2.05) is 6.07 Å². The minimum absolute atomic E-state index is 0.119. The van der Waals surface area contributed by atoms with Gasteiger partial charge in [-0.25, -0.2) is 4.39 Å². The lowest BCUT2D eigenvalue weighted by atomic mass is 9.63. The Morgan fingerprint density at radius 1 is 1.08 bits per heavy atom. The highest BCUT2D eigenvalue weighted by Crippen LogP contribution is 2.45. The second-order valence-electron chi connectivity index (χ2n) is 5.97. The van der Waals surface area contributed by atoms with Gasteiger partial charge in [0.25, 0.3) is 0 Å². The highest BCUT2D eigenvalue weighted by Gasteiger charge is 2.45. The normalized spacial score (nSPS) is 15.3. The number of hydrogen-bond donors (Lipinski definition) is 1. The molecule has 0 atom stereocenters. The molecule has 0 bridgehead atoms. The minimum atomic E-state index is -0.657. The Bertz CT molecular complexity index is 756. The summed E-state index contributed by atoms with van der Waals surface area (Å²) in [5, 5.41) is 2.93. The second kappa shape index (κ2) is 6.51. The molecule has 2 aromatic rings. The number of hydrogen-bond acceptors (Lipinski definition) is 3. The molecule has 0 aromatic heterocycles. The molecule has 1 saturated carbocycles. The topological polar surface area (TPSA) is 47.6 Å². The smallest absolute Gasteiger partial charge is 0.235 e. The zero-order valence-electron chi connectivity index (χ0n) is 13.8. The molecule has 4 nitrogen and oxygen atoms in total. The van der Waals surface area contributed by atoms with E-state index in [2.05, 4.69) is 5.32 Å². The van der Waals surface area contributed by atoms with Gasteiger partial charge in [0.1, 0.15) is 5.82 Å². The van der Waals surface area contributed by atoms with Gasteiger partial charge in [0.15, 0.2) is 11.5 Å². The van der Waals surface area contributed by atoms with E-state index in [1.165, 1.54) is 12.1 Å². The highest BCUT2D eigenvalue weighted by molar-refractivity contribution is 6.00. The van der Waals surface area contributed by atoms with Crippen LogP contribution in [0, 0.1) is 5.82 Å². The van der Waals surface area contributed by atoms with Gasteiger partial charge in [-0.05, 0) is 42.7 Å². The number of carbonyl (C=O) groups is 1. The molecule has 0 spiro atoms. The Morgan fingerprint density at radius 3 is 2.42 bits per heavy atom. The molecule has 3 rings (SSSR count). The zero-order chi connectivity index (χ0) is 17.2. The summed E-state index contributed by atoms with van der Waals surface area (Å²) in [4.78, 5) is 12.9. The molecule has 0 radical (unpaired) electrons. The molecule has 1 amide bonds. The first-order valence-electron chi connectivity index (χ1n) is 7.88. The molecule has 24 heavy (non-hydrogen) atoms. The van der Waals surface area contributed by atoms with Crippen molar-refractivity contribution < 1.29 is 18.7 Å². The SMILES string of the molecule is COc1ccc(NC(=O)C2(c3cccc(F)c3)CCC2)cc1OC. The molecule has 2 aromatic carbocycles. The fourth-order valence-corrected chi connectivity index (χ4v) is 3.13. The van der Waals surface area contributed by atoms with Crippen molar-refractivity contribution in [2.75, 3.05) is 19.5 Å². The van der Waals surface area contributed by atoms with Gasteiger partial charge in [-0.1, -0.05) is 18.6 Å². The number of nitrogens with one attached hydrogen (secondary N) is 1. The average molecular weight is 329 g/mol. The summed E-state index contributed by atoms with van der Waals surface area (Å²) in [6, 6.07) is 11.5. The molecule has 1 fully saturated rings. The van der Waals surface area contributed by atoms with E-state index in [0.717, 1.165) is 24.8 Å². The molecule has 1 aliphatic carbocycles. The van der Waals surface area contributed by atoms with Crippen LogP contribution in [-0.2, 0) is 10.2 Å². The van der Waals surface area contributed by atoms with Crippen LogP contribution in [0.5, 0.6) is 11.5 Å². The average Bonchev–Trinajstić information content (AvgIpc) is 2.53. The van der Waals surface area contributed by atoms with Crippen LogP contribution >= 0.6 is 0 Å². The Balaban J connectivity index is 1.86. The molecule has 0 aliphatic heterocycles. The summed E-state index contributed by atoms with van der Waals surface area (Å²) >= 11 is 0. The van der Waals surface area contributed by atoms with E-state index >= 15 is 0 Å². The van der Waals surface area contributed by atoms with Crippen molar-refractivity contribution in [1.29, 1.82) is 0 Å². The number of methoxy groups -OCH3 is 2. The summed E-state index contributed by atoms with van der Waals surface area (Å²) in [7, 11) is 3.10. The van der Waals surface area contributed by atoms with Gasteiger partial charge in [0, 0.05) is 11.8 Å². The lowest BCUT2D eigenvalue weighted by Crippen LogP contribution is -2.46. The van der Waals surface area contributed by atoms with Gasteiger partial charge >= 0.3 is 0 Å². The minimum Gasteiger partial charge on any atom is -0.493 e. The molecular formula is C19H20FNO3. The van der Waals surface area contributed by atoms with E-state index in [9.17, 15) is 9.18 Å². The number of benzene rings is 2. The van der Waals surface area contributed by atoms with Crippen molar-refractivity contribution in [1.82, 2.24) is 0 Å². The van der Waals surface area contributed by atoms with E-state index in [0.29, 0.717) is 17.2 Å². The van der Waals surface area contributed by atoms with Crippen LogP contribution in [0.2, 0.25) is 0 Å². The zero-order valence-corrected chi connectivity index (χ0v) is 13.8. The lowest BCUT2D eigenvalue weighted by molar-refractivity contribution is -0.124. The third kappa shape index (κ3) is 2.82. The summed E-state index contributed by atoms with van der Waals surface area (Å²) in [6.07, 6.45) is 2.39. The maximum absolute atomic E-state index is 13.6. The third-order valence-electron chi connectivity index (χ3n) is 4.66. The fourth-order valence-electron chi connectivity index (χ4n) is 3.13. The summed E-state index contributed by atoms with van der Waals surface area (Å²) in [6.45, 7) is 0. The first kappa shape index (κ1) is 16.3. The predicted octanol–water partition coefficient (Wildman–Crippen LogP) is 3.90. The molecule has 1 N–H and O–H groups in total.